The lowest BCUT2D eigenvalue weighted by molar-refractivity contribution is -0.229. The van der Waals surface area contributed by atoms with Crippen LogP contribution in [0.3, 0.4) is 0 Å². The average Bonchev–Trinajstić information content (AvgIpc) is 2.48. The van der Waals surface area contributed by atoms with Crippen molar-refractivity contribution >= 4 is 0 Å². The zero-order chi connectivity index (χ0) is 9.31. The summed E-state index contributed by atoms with van der Waals surface area (Å²) in [5, 5.41) is 0. The summed E-state index contributed by atoms with van der Waals surface area (Å²) < 4.78 is 16.6. The normalized spacial score (nSPS) is 33.8. The summed E-state index contributed by atoms with van der Waals surface area (Å²) in [5.74, 6) is 0. The van der Waals surface area contributed by atoms with Crippen LogP contribution in [-0.2, 0) is 14.2 Å². The molecule has 0 bridgehead atoms. The minimum atomic E-state index is -0.202. The Morgan fingerprint density at radius 1 is 1.23 bits per heavy atom. The molecule has 0 spiro atoms. The van der Waals surface area contributed by atoms with E-state index in [1.165, 1.54) is 0 Å². The Hall–Kier alpha value is -0.380. The fourth-order valence-corrected chi connectivity index (χ4v) is 1.60. The van der Waals surface area contributed by atoms with Gasteiger partial charge in [0.1, 0.15) is 6.10 Å². The number of hydrogen-bond acceptors (Lipinski definition) is 3. The molecule has 0 aromatic heterocycles. The van der Waals surface area contributed by atoms with Gasteiger partial charge < -0.3 is 14.2 Å². The second-order valence-electron chi connectivity index (χ2n) is 4.01. The van der Waals surface area contributed by atoms with Crippen LogP contribution in [0.15, 0.2) is 12.2 Å². The molecule has 1 saturated heterocycles. The van der Waals surface area contributed by atoms with Crippen molar-refractivity contribution in [3.05, 3.63) is 12.2 Å². The Morgan fingerprint density at radius 2 is 1.92 bits per heavy atom. The summed E-state index contributed by atoms with van der Waals surface area (Å²) in [4.78, 5) is 0. The summed E-state index contributed by atoms with van der Waals surface area (Å²) >= 11 is 0. The molecule has 1 unspecified atom stereocenters. The molecule has 0 aromatic rings. The summed E-state index contributed by atoms with van der Waals surface area (Å²) in [6.45, 7) is 5.62. The SMILES string of the molecule is CC1(C)C=CC(C2OCCCO2)O1. The summed E-state index contributed by atoms with van der Waals surface area (Å²) in [6.07, 6.45) is 4.83. The molecule has 2 aliphatic heterocycles. The minimum absolute atomic E-state index is 0.0321. The number of hydrogen-bond donors (Lipinski definition) is 0. The highest BCUT2D eigenvalue weighted by molar-refractivity contribution is 5.08. The van der Waals surface area contributed by atoms with E-state index in [1.807, 2.05) is 19.9 Å². The van der Waals surface area contributed by atoms with Gasteiger partial charge in [-0.3, -0.25) is 0 Å². The molecule has 0 N–H and O–H groups in total. The minimum Gasteiger partial charge on any atom is -0.359 e. The molecule has 13 heavy (non-hydrogen) atoms. The first kappa shape index (κ1) is 9.19. The van der Waals surface area contributed by atoms with Crippen molar-refractivity contribution in [1.29, 1.82) is 0 Å². The highest BCUT2D eigenvalue weighted by Crippen LogP contribution is 2.26. The smallest absolute Gasteiger partial charge is 0.187 e. The van der Waals surface area contributed by atoms with Gasteiger partial charge in [0.15, 0.2) is 6.29 Å². The van der Waals surface area contributed by atoms with Gasteiger partial charge in [-0.1, -0.05) is 12.2 Å². The Kier molecular flexibility index (Phi) is 2.41. The number of ether oxygens (including phenoxy) is 3. The zero-order valence-corrected chi connectivity index (χ0v) is 8.16. The first-order chi connectivity index (χ1) is 6.17. The van der Waals surface area contributed by atoms with Crippen LogP contribution in [0.25, 0.3) is 0 Å². The Morgan fingerprint density at radius 3 is 2.46 bits per heavy atom. The molecule has 3 nitrogen and oxygen atoms in total. The zero-order valence-electron chi connectivity index (χ0n) is 8.16. The summed E-state index contributed by atoms with van der Waals surface area (Å²) in [7, 11) is 0. The molecule has 1 atom stereocenters. The topological polar surface area (TPSA) is 27.7 Å². The Labute approximate surface area is 78.7 Å². The fraction of sp³-hybridized carbons (Fsp3) is 0.800. The third-order valence-corrected chi connectivity index (χ3v) is 2.25. The maximum Gasteiger partial charge on any atom is 0.187 e. The van der Waals surface area contributed by atoms with Gasteiger partial charge in [0, 0.05) is 0 Å². The lowest BCUT2D eigenvalue weighted by Crippen LogP contribution is -2.37. The molecular formula is C10H16O3. The molecule has 2 rings (SSSR count). The van der Waals surface area contributed by atoms with E-state index in [2.05, 4.69) is 6.08 Å². The molecular weight excluding hydrogens is 168 g/mol. The van der Waals surface area contributed by atoms with Crippen molar-refractivity contribution in [3.63, 3.8) is 0 Å². The van der Waals surface area contributed by atoms with Gasteiger partial charge in [0.05, 0.1) is 18.8 Å². The van der Waals surface area contributed by atoms with Gasteiger partial charge in [-0.25, -0.2) is 0 Å². The lowest BCUT2D eigenvalue weighted by Gasteiger charge is -2.29. The van der Waals surface area contributed by atoms with Gasteiger partial charge in [-0.05, 0) is 20.3 Å². The molecule has 1 fully saturated rings. The van der Waals surface area contributed by atoms with Gasteiger partial charge in [0.2, 0.25) is 0 Å². The quantitative estimate of drug-likeness (QED) is 0.578. The van der Waals surface area contributed by atoms with Crippen molar-refractivity contribution in [1.82, 2.24) is 0 Å². The van der Waals surface area contributed by atoms with E-state index in [0.29, 0.717) is 0 Å². The van der Waals surface area contributed by atoms with Crippen LogP contribution in [-0.4, -0.2) is 31.2 Å². The Bertz CT molecular complexity index is 204. The van der Waals surface area contributed by atoms with E-state index < -0.39 is 0 Å². The van der Waals surface area contributed by atoms with E-state index in [0.717, 1.165) is 19.6 Å². The first-order valence-corrected chi connectivity index (χ1v) is 4.78. The number of rotatable bonds is 1. The van der Waals surface area contributed by atoms with Gasteiger partial charge in [-0.2, -0.15) is 0 Å². The van der Waals surface area contributed by atoms with E-state index in [4.69, 9.17) is 14.2 Å². The fourth-order valence-electron chi connectivity index (χ4n) is 1.60. The molecule has 0 radical (unpaired) electrons. The third-order valence-electron chi connectivity index (χ3n) is 2.25. The second-order valence-corrected chi connectivity index (χ2v) is 4.01. The van der Waals surface area contributed by atoms with Crippen molar-refractivity contribution in [2.75, 3.05) is 13.2 Å². The van der Waals surface area contributed by atoms with E-state index in [9.17, 15) is 0 Å². The highest BCUT2D eigenvalue weighted by Gasteiger charge is 2.33. The van der Waals surface area contributed by atoms with Crippen LogP contribution in [0.4, 0.5) is 0 Å². The van der Waals surface area contributed by atoms with Gasteiger partial charge >= 0.3 is 0 Å². The monoisotopic (exact) mass is 184 g/mol. The first-order valence-electron chi connectivity index (χ1n) is 4.78. The molecule has 0 aliphatic carbocycles. The third kappa shape index (κ3) is 2.10. The van der Waals surface area contributed by atoms with Crippen LogP contribution < -0.4 is 0 Å². The molecule has 2 heterocycles. The van der Waals surface area contributed by atoms with Crippen LogP contribution >= 0.6 is 0 Å². The van der Waals surface area contributed by atoms with Crippen molar-refractivity contribution in [2.24, 2.45) is 0 Å². The predicted octanol–water partition coefficient (Wildman–Crippen LogP) is 1.48. The van der Waals surface area contributed by atoms with E-state index in [1.54, 1.807) is 0 Å². The van der Waals surface area contributed by atoms with Crippen LogP contribution in [0.2, 0.25) is 0 Å². The van der Waals surface area contributed by atoms with Crippen LogP contribution in [0, 0.1) is 0 Å². The maximum atomic E-state index is 5.73. The molecule has 0 saturated carbocycles. The van der Waals surface area contributed by atoms with Crippen molar-refractivity contribution < 1.29 is 14.2 Å². The Balaban J connectivity index is 1.92. The van der Waals surface area contributed by atoms with Crippen LogP contribution in [0.5, 0.6) is 0 Å². The molecule has 74 valence electrons. The standard InChI is InChI=1S/C10H16O3/c1-10(2)5-4-8(13-10)9-11-6-3-7-12-9/h4-5,8-9H,3,6-7H2,1-2H3. The summed E-state index contributed by atoms with van der Waals surface area (Å²) in [6, 6.07) is 0. The molecule has 0 aromatic carbocycles. The van der Waals surface area contributed by atoms with E-state index >= 15 is 0 Å². The molecule has 3 heteroatoms. The average molecular weight is 184 g/mol. The lowest BCUT2D eigenvalue weighted by atomic mass is 10.1. The largest absolute Gasteiger partial charge is 0.359 e. The predicted molar refractivity (Wildman–Crippen MR) is 48.4 cm³/mol. The van der Waals surface area contributed by atoms with Crippen molar-refractivity contribution in [2.45, 2.75) is 38.3 Å². The summed E-state index contributed by atoms with van der Waals surface area (Å²) in [5.41, 5.74) is -0.172. The molecule has 0 amide bonds. The molecule has 2 aliphatic rings. The van der Waals surface area contributed by atoms with Gasteiger partial charge in [-0.15, -0.1) is 0 Å². The van der Waals surface area contributed by atoms with E-state index in [-0.39, 0.29) is 18.0 Å². The van der Waals surface area contributed by atoms with Gasteiger partial charge in [0.25, 0.3) is 0 Å². The maximum absolute atomic E-state index is 5.73. The second kappa shape index (κ2) is 3.40. The highest BCUT2D eigenvalue weighted by atomic mass is 16.7. The van der Waals surface area contributed by atoms with Crippen LogP contribution in [0.1, 0.15) is 20.3 Å². The van der Waals surface area contributed by atoms with Crippen molar-refractivity contribution in [3.8, 4) is 0 Å².